The van der Waals surface area contributed by atoms with E-state index in [1.165, 1.54) is 11.1 Å². The molecule has 1 amide bonds. The number of nitrogens with zero attached hydrogens (tertiary/aromatic N) is 1. The van der Waals surface area contributed by atoms with Crippen LogP contribution >= 0.6 is 0 Å². The van der Waals surface area contributed by atoms with Crippen LogP contribution in [0.1, 0.15) is 17.0 Å². The molecule has 1 aromatic rings. The van der Waals surface area contributed by atoms with Crippen molar-refractivity contribution in [1.29, 1.82) is 0 Å². The summed E-state index contributed by atoms with van der Waals surface area (Å²) < 4.78 is 0. The minimum atomic E-state index is 0.246. The van der Waals surface area contributed by atoms with E-state index in [0.717, 1.165) is 26.1 Å². The van der Waals surface area contributed by atoms with Crippen molar-refractivity contribution in [2.45, 2.75) is 12.3 Å². The molecular weight excluding hydrogens is 200 g/mol. The molecule has 1 heterocycles. The summed E-state index contributed by atoms with van der Waals surface area (Å²) in [4.78, 5) is 13.6. The fourth-order valence-electron chi connectivity index (χ4n) is 2.63. The molecule has 3 nitrogen and oxygen atoms in total. The van der Waals surface area contributed by atoms with Crippen LogP contribution in [0.2, 0.25) is 0 Å². The molecule has 0 spiro atoms. The lowest BCUT2D eigenvalue weighted by Gasteiger charge is -2.36. The van der Waals surface area contributed by atoms with Gasteiger partial charge in [-0.25, -0.2) is 0 Å². The minimum Gasteiger partial charge on any atom is -0.340 e. The second-order valence-corrected chi connectivity index (χ2v) is 4.62. The van der Waals surface area contributed by atoms with Crippen molar-refractivity contribution in [2.75, 3.05) is 26.2 Å². The van der Waals surface area contributed by atoms with Gasteiger partial charge in [-0.05, 0) is 17.5 Å². The van der Waals surface area contributed by atoms with Crippen LogP contribution in [-0.2, 0) is 11.2 Å². The van der Waals surface area contributed by atoms with E-state index in [1.807, 2.05) is 4.90 Å². The molecule has 1 unspecified atom stereocenters. The first-order chi connectivity index (χ1) is 7.84. The normalized spacial score (nSPS) is 23.9. The van der Waals surface area contributed by atoms with Crippen LogP contribution in [0.5, 0.6) is 0 Å². The van der Waals surface area contributed by atoms with Crippen molar-refractivity contribution in [3.05, 3.63) is 35.4 Å². The summed E-state index contributed by atoms with van der Waals surface area (Å²) in [5.74, 6) is 0.814. The molecule has 1 N–H and O–H groups in total. The third-order valence-corrected chi connectivity index (χ3v) is 3.59. The molecule has 0 saturated carbocycles. The molecule has 1 aliphatic heterocycles. The number of amides is 1. The average molecular weight is 216 g/mol. The SMILES string of the molecule is O=C1CNCCN1CC1Cc2ccccc21. The predicted molar refractivity (Wildman–Crippen MR) is 62.3 cm³/mol. The molecule has 1 atom stereocenters. The van der Waals surface area contributed by atoms with Gasteiger partial charge in [-0.2, -0.15) is 0 Å². The van der Waals surface area contributed by atoms with E-state index >= 15 is 0 Å². The van der Waals surface area contributed by atoms with Gasteiger partial charge in [-0.1, -0.05) is 24.3 Å². The van der Waals surface area contributed by atoms with Crippen LogP contribution in [0.4, 0.5) is 0 Å². The Labute approximate surface area is 95.4 Å². The van der Waals surface area contributed by atoms with Crippen molar-refractivity contribution >= 4 is 5.91 Å². The van der Waals surface area contributed by atoms with Crippen LogP contribution in [-0.4, -0.2) is 37.0 Å². The van der Waals surface area contributed by atoms with Crippen molar-refractivity contribution in [2.24, 2.45) is 0 Å². The Balaban J connectivity index is 1.67. The number of hydrogen-bond acceptors (Lipinski definition) is 2. The van der Waals surface area contributed by atoms with Crippen LogP contribution in [0, 0.1) is 0 Å². The fourth-order valence-corrected chi connectivity index (χ4v) is 2.63. The maximum absolute atomic E-state index is 11.6. The van der Waals surface area contributed by atoms with Gasteiger partial charge in [-0.3, -0.25) is 4.79 Å². The van der Waals surface area contributed by atoms with E-state index in [-0.39, 0.29) is 5.91 Å². The Morgan fingerprint density at radius 2 is 2.25 bits per heavy atom. The summed E-state index contributed by atoms with van der Waals surface area (Å²) in [6.45, 7) is 3.20. The summed E-state index contributed by atoms with van der Waals surface area (Å²) in [6, 6.07) is 8.55. The third kappa shape index (κ3) is 1.61. The van der Waals surface area contributed by atoms with Crippen molar-refractivity contribution < 1.29 is 4.79 Å². The minimum absolute atomic E-state index is 0.246. The van der Waals surface area contributed by atoms with Gasteiger partial charge in [-0.15, -0.1) is 0 Å². The molecule has 1 aromatic carbocycles. The number of hydrogen-bond donors (Lipinski definition) is 1. The Morgan fingerprint density at radius 1 is 1.38 bits per heavy atom. The van der Waals surface area contributed by atoms with Gasteiger partial charge >= 0.3 is 0 Å². The van der Waals surface area contributed by atoms with Gasteiger partial charge in [0.1, 0.15) is 0 Å². The van der Waals surface area contributed by atoms with Crippen LogP contribution in [0.15, 0.2) is 24.3 Å². The molecule has 3 heteroatoms. The number of nitrogens with one attached hydrogen (secondary N) is 1. The van der Waals surface area contributed by atoms with E-state index in [1.54, 1.807) is 0 Å². The van der Waals surface area contributed by atoms with Gasteiger partial charge < -0.3 is 10.2 Å². The molecule has 2 aliphatic rings. The van der Waals surface area contributed by atoms with Crippen LogP contribution in [0.3, 0.4) is 0 Å². The van der Waals surface area contributed by atoms with E-state index in [2.05, 4.69) is 29.6 Å². The Hall–Kier alpha value is -1.35. The highest BCUT2D eigenvalue weighted by molar-refractivity contribution is 5.79. The van der Waals surface area contributed by atoms with Crippen molar-refractivity contribution in [3.63, 3.8) is 0 Å². The summed E-state index contributed by atoms with van der Waals surface area (Å²) in [7, 11) is 0. The molecule has 3 rings (SSSR count). The standard InChI is InChI=1S/C13H16N2O/c16-13-8-14-5-6-15(13)9-11-7-10-3-1-2-4-12(10)11/h1-4,11,14H,5-9H2. The van der Waals surface area contributed by atoms with Gasteiger partial charge in [0.25, 0.3) is 0 Å². The molecule has 16 heavy (non-hydrogen) atoms. The maximum atomic E-state index is 11.6. The lowest BCUT2D eigenvalue weighted by molar-refractivity contribution is -0.132. The summed E-state index contributed by atoms with van der Waals surface area (Å²) in [5, 5.41) is 3.10. The first kappa shape index (κ1) is 9.85. The molecule has 0 aromatic heterocycles. The van der Waals surface area contributed by atoms with E-state index in [9.17, 15) is 4.79 Å². The maximum Gasteiger partial charge on any atom is 0.236 e. The zero-order valence-electron chi connectivity index (χ0n) is 9.28. The number of carbonyl (C=O) groups excluding carboxylic acids is 1. The van der Waals surface area contributed by atoms with E-state index in [4.69, 9.17) is 0 Å². The highest BCUT2D eigenvalue weighted by Crippen LogP contribution is 2.35. The lowest BCUT2D eigenvalue weighted by Crippen LogP contribution is -2.50. The second-order valence-electron chi connectivity index (χ2n) is 4.62. The van der Waals surface area contributed by atoms with Crippen LogP contribution < -0.4 is 5.32 Å². The third-order valence-electron chi connectivity index (χ3n) is 3.59. The summed E-state index contributed by atoms with van der Waals surface area (Å²) >= 11 is 0. The van der Waals surface area contributed by atoms with Gasteiger partial charge in [0.15, 0.2) is 0 Å². The van der Waals surface area contributed by atoms with Crippen LogP contribution in [0.25, 0.3) is 0 Å². The first-order valence-corrected chi connectivity index (χ1v) is 5.91. The molecule has 1 aliphatic carbocycles. The lowest BCUT2D eigenvalue weighted by atomic mass is 9.77. The molecule has 1 saturated heterocycles. The Morgan fingerprint density at radius 3 is 3.06 bits per heavy atom. The average Bonchev–Trinajstić information content (AvgIpc) is 2.28. The Kier molecular flexibility index (Phi) is 2.40. The summed E-state index contributed by atoms with van der Waals surface area (Å²) in [6.07, 6.45) is 1.13. The molecule has 1 fully saturated rings. The van der Waals surface area contributed by atoms with Gasteiger partial charge in [0.05, 0.1) is 6.54 Å². The highest BCUT2D eigenvalue weighted by Gasteiger charge is 2.29. The summed E-state index contributed by atoms with van der Waals surface area (Å²) in [5.41, 5.74) is 2.89. The Bertz CT molecular complexity index is 416. The van der Waals surface area contributed by atoms with Gasteiger partial charge in [0.2, 0.25) is 5.91 Å². The number of carbonyl (C=O) groups is 1. The molecule has 84 valence electrons. The van der Waals surface area contributed by atoms with Crippen molar-refractivity contribution in [3.8, 4) is 0 Å². The van der Waals surface area contributed by atoms with Gasteiger partial charge in [0, 0.05) is 25.6 Å². The smallest absolute Gasteiger partial charge is 0.236 e. The first-order valence-electron chi connectivity index (χ1n) is 5.91. The second kappa shape index (κ2) is 3.91. The molecule has 0 bridgehead atoms. The van der Waals surface area contributed by atoms with E-state index < -0.39 is 0 Å². The topological polar surface area (TPSA) is 32.3 Å². The number of fused-ring (bicyclic) bond motifs is 1. The largest absolute Gasteiger partial charge is 0.340 e. The zero-order valence-corrected chi connectivity index (χ0v) is 9.28. The molecular formula is C13H16N2O. The number of rotatable bonds is 2. The predicted octanol–water partition coefficient (Wildman–Crippen LogP) is 0.758. The molecule has 0 radical (unpaired) electrons. The number of piperazine rings is 1. The fraction of sp³-hybridized carbons (Fsp3) is 0.462. The number of benzene rings is 1. The zero-order chi connectivity index (χ0) is 11.0. The van der Waals surface area contributed by atoms with E-state index in [0.29, 0.717) is 12.5 Å². The van der Waals surface area contributed by atoms with Crippen molar-refractivity contribution in [1.82, 2.24) is 10.2 Å². The monoisotopic (exact) mass is 216 g/mol. The highest BCUT2D eigenvalue weighted by atomic mass is 16.2. The quantitative estimate of drug-likeness (QED) is 0.791.